The van der Waals surface area contributed by atoms with E-state index in [-0.39, 0.29) is 23.3 Å². The van der Waals surface area contributed by atoms with Gasteiger partial charge in [0.25, 0.3) is 0 Å². The van der Waals surface area contributed by atoms with E-state index in [0.29, 0.717) is 18.3 Å². The lowest BCUT2D eigenvalue weighted by molar-refractivity contribution is -0.154. The normalized spacial score (nSPS) is 27.6. The Hall–Kier alpha value is -0.710. The predicted molar refractivity (Wildman–Crippen MR) is 80.4 cm³/mol. The van der Waals surface area contributed by atoms with E-state index >= 15 is 0 Å². The minimum atomic E-state index is -0.379. The van der Waals surface area contributed by atoms with Gasteiger partial charge in [-0.05, 0) is 25.2 Å². The minimum Gasteiger partial charge on any atom is -0.464 e. The number of amides is 1. The maximum absolute atomic E-state index is 12.1. The fourth-order valence-corrected chi connectivity index (χ4v) is 4.87. The molecule has 0 aromatic heterocycles. The minimum absolute atomic E-state index is 0.00372. The molecular weight excluding hydrogens is 274 g/mol. The molecule has 1 aliphatic heterocycles. The second-order valence-electron chi connectivity index (χ2n) is 5.73. The van der Waals surface area contributed by atoms with Crippen molar-refractivity contribution in [2.75, 3.05) is 12.4 Å². The average Bonchev–Trinajstić information content (AvgIpc) is 2.90. The predicted octanol–water partition coefficient (Wildman–Crippen LogP) is 2.81. The van der Waals surface area contributed by atoms with E-state index in [1.165, 1.54) is 32.1 Å². The van der Waals surface area contributed by atoms with Crippen LogP contribution < -0.4 is 0 Å². The van der Waals surface area contributed by atoms with Crippen molar-refractivity contribution in [1.29, 1.82) is 0 Å². The van der Waals surface area contributed by atoms with E-state index in [1.807, 2.05) is 6.92 Å². The van der Waals surface area contributed by atoms with Crippen LogP contribution in [0, 0.1) is 5.92 Å². The molecule has 0 aromatic carbocycles. The van der Waals surface area contributed by atoms with E-state index in [4.69, 9.17) is 4.74 Å². The summed E-state index contributed by atoms with van der Waals surface area (Å²) in [4.78, 5) is 25.9. The first-order valence-electron chi connectivity index (χ1n) is 7.72. The first-order valence-corrected chi connectivity index (χ1v) is 8.77. The van der Waals surface area contributed by atoms with Gasteiger partial charge in [-0.2, -0.15) is 0 Å². The van der Waals surface area contributed by atoms with Crippen LogP contribution in [0.3, 0.4) is 0 Å². The first kappa shape index (κ1) is 15.7. The summed E-state index contributed by atoms with van der Waals surface area (Å²) in [5.74, 6) is 1.00. The van der Waals surface area contributed by atoms with Crippen LogP contribution in [0.5, 0.6) is 0 Å². The molecule has 0 aromatic rings. The summed E-state index contributed by atoms with van der Waals surface area (Å²) < 4.78 is 5.25. The van der Waals surface area contributed by atoms with Crippen LogP contribution in [-0.2, 0) is 14.3 Å². The fraction of sp³-hybridized carbons (Fsp3) is 0.867. The number of hydrogen-bond acceptors (Lipinski definition) is 4. The Labute approximate surface area is 125 Å². The summed E-state index contributed by atoms with van der Waals surface area (Å²) in [6.07, 6.45) is 6.97. The molecule has 5 heteroatoms. The summed E-state index contributed by atoms with van der Waals surface area (Å²) >= 11 is 1.76. The molecule has 2 aliphatic rings. The van der Waals surface area contributed by atoms with Crippen molar-refractivity contribution in [3.63, 3.8) is 0 Å². The number of carbonyl (C=O) groups is 2. The molecule has 4 nitrogen and oxygen atoms in total. The van der Waals surface area contributed by atoms with Crippen LogP contribution in [0.4, 0.5) is 0 Å². The third-order valence-corrected chi connectivity index (χ3v) is 5.63. The molecule has 1 heterocycles. The van der Waals surface area contributed by atoms with E-state index in [9.17, 15) is 9.59 Å². The van der Waals surface area contributed by atoms with Crippen LogP contribution in [0.15, 0.2) is 0 Å². The number of nitrogens with zero attached hydrogens (tertiary/aromatic N) is 1. The number of carbonyl (C=O) groups excluding carboxylic acids is 2. The molecule has 0 bridgehead atoms. The lowest BCUT2D eigenvalue weighted by Crippen LogP contribution is -2.47. The largest absolute Gasteiger partial charge is 0.464 e. The molecule has 2 atom stereocenters. The summed E-state index contributed by atoms with van der Waals surface area (Å²) in [6.45, 7) is 3.99. The van der Waals surface area contributed by atoms with Crippen molar-refractivity contribution in [2.24, 2.45) is 5.92 Å². The van der Waals surface area contributed by atoms with Crippen LogP contribution >= 0.6 is 11.8 Å². The SMILES string of the molecule is CCCOC(=O)C1CSC(C2CCCCC2)N1C(C)=O. The third-order valence-electron chi connectivity index (χ3n) is 4.17. The molecule has 1 saturated carbocycles. The van der Waals surface area contributed by atoms with Gasteiger partial charge in [-0.15, -0.1) is 11.8 Å². The quantitative estimate of drug-likeness (QED) is 0.749. The maximum atomic E-state index is 12.1. The van der Waals surface area contributed by atoms with E-state index in [1.54, 1.807) is 23.6 Å². The zero-order valence-corrected chi connectivity index (χ0v) is 13.3. The Bertz CT molecular complexity index is 355. The Kier molecular flexibility index (Phi) is 5.75. The number of rotatable bonds is 4. The van der Waals surface area contributed by atoms with Crippen molar-refractivity contribution < 1.29 is 14.3 Å². The van der Waals surface area contributed by atoms with Crippen molar-refractivity contribution in [1.82, 2.24) is 4.90 Å². The van der Waals surface area contributed by atoms with Gasteiger partial charge in [0.05, 0.1) is 12.0 Å². The van der Waals surface area contributed by atoms with Crippen molar-refractivity contribution in [3.8, 4) is 0 Å². The van der Waals surface area contributed by atoms with Gasteiger partial charge in [-0.25, -0.2) is 4.79 Å². The second kappa shape index (κ2) is 7.34. The zero-order valence-electron chi connectivity index (χ0n) is 12.5. The molecule has 20 heavy (non-hydrogen) atoms. The summed E-state index contributed by atoms with van der Waals surface area (Å²) in [6, 6.07) is -0.379. The van der Waals surface area contributed by atoms with E-state index < -0.39 is 0 Å². The van der Waals surface area contributed by atoms with Gasteiger partial charge in [0.2, 0.25) is 5.91 Å². The molecule has 0 N–H and O–H groups in total. The van der Waals surface area contributed by atoms with Crippen molar-refractivity contribution in [3.05, 3.63) is 0 Å². The highest BCUT2D eigenvalue weighted by Gasteiger charge is 2.44. The summed E-state index contributed by atoms with van der Waals surface area (Å²) in [5, 5.41) is 0.173. The first-order chi connectivity index (χ1) is 9.65. The third kappa shape index (κ3) is 3.48. The average molecular weight is 299 g/mol. The molecule has 2 rings (SSSR count). The van der Waals surface area contributed by atoms with Gasteiger partial charge in [0.1, 0.15) is 6.04 Å². The molecule has 114 valence electrons. The molecule has 1 saturated heterocycles. The van der Waals surface area contributed by atoms with Gasteiger partial charge in [0.15, 0.2) is 0 Å². The second-order valence-corrected chi connectivity index (χ2v) is 6.88. The smallest absolute Gasteiger partial charge is 0.329 e. The standard InChI is InChI=1S/C15H25NO3S/c1-3-9-19-15(18)13-10-20-14(16(13)11(2)17)12-7-5-4-6-8-12/h12-14H,3-10H2,1-2H3. The Morgan fingerprint density at radius 2 is 1.95 bits per heavy atom. The molecule has 1 amide bonds. The fourth-order valence-electron chi connectivity index (χ4n) is 3.19. The lowest BCUT2D eigenvalue weighted by Gasteiger charge is -2.34. The highest BCUT2D eigenvalue weighted by molar-refractivity contribution is 8.00. The number of hydrogen-bond donors (Lipinski definition) is 0. The number of esters is 1. The maximum Gasteiger partial charge on any atom is 0.329 e. The van der Waals surface area contributed by atoms with Crippen LogP contribution in [-0.4, -0.2) is 40.6 Å². The molecule has 0 radical (unpaired) electrons. The lowest BCUT2D eigenvalue weighted by atomic mass is 9.88. The molecule has 2 unspecified atom stereocenters. The van der Waals surface area contributed by atoms with Gasteiger partial charge in [-0.1, -0.05) is 26.2 Å². The molecule has 1 aliphatic carbocycles. The topological polar surface area (TPSA) is 46.6 Å². The van der Waals surface area contributed by atoms with Gasteiger partial charge in [-0.3, -0.25) is 4.79 Å². The Morgan fingerprint density at radius 1 is 1.25 bits per heavy atom. The van der Waals surface area contributed by atoms with Crippen LogP contribution in [0.1, 0.15) is 52.4 Å². The zero-order chi connectivity index (χ0) is 14.5. The molecule has 2 fully saturated rings. The van der Waals surface area contributed by atoms with E-state index in [0.717, 1.165) is 6.42 Å². The Morgan fingerprint density at radius 3 is 2.55 bits per heavy atom. The number of thioether (sulfide) groups is 1. The summed E-state index contributed by atoms with van der Waals surface area (Å²) in [5.41, 5.74) is 0. The summed E-state index contributed by atoms with van der Waals surface area (Å²) in [7, 11) is 0. The highest BCUT2D eigenvalue weighted by Crippen LogP contribution is 2.40. The monoisotopic (exact) mass is 299 g/mol. The Balaban J connectivity index is 2.03. The van der Waals surface area contributed by atoms with Crippen molar-refractivity contribution in [2.45, 2.75) is 63.8 Å². The van der Waals surface area contributed by atoms with Gasteiger partial charge < -0.3 is 9.64 Å². The molecule has 0 spiro atoms. The van der Waals surface area contributed by atoms with Crippen molar-refractivity contribution >= 4 is 23.6 Å². The number of ether oxygens (including phenoxy) is 1. The molecular formula is C15H25NO3S. The van der Waals surface area contributed by atoms with Crippen LogP contribution in [0.2, 0.25) is 0 Å². The van der Waals surface area contributed by atoms with Gasteiger partial charge >= 0.3 is 5.97 Å². The highest BCUT2D eigenvalue weighted by atomic mass is 32.2. The van der Waals surface area contributed by atoms with Gasteiger partial charge in [0, 0.05) is 12.7 Å². The van der Waals surface area contributed by atoms with Crippen LogP contribution in [0.25, 0.3) is 0 Å². The van der Waals surface area contributed by atoms with E-state index in [2.05, 4.69) is 0 Å².